The fourth-order valence-corrected chi connectivity index (χ4v) is 6.71. The first-order valence-corrected chi connectivity index (χ1v) is 13.1. The number of aliphatic hydroxyl groups is 2. The van der Waals surface area contributed by atoms with Crippen molar-refractivity contribution in [2.45, 2.75) is 55.3 Å². The molecule has 0 radical (unpaired) electrons. The number of rotatable bonds is 7. The molecule has 1 aromatic carbocycles. The van der Waals surface area contributed by atoms with Gasteiger partial charge in [-0.3, -0.25) is 0 Å². The Morgan fingerprint density at radius 1 is 1.25 bits per heavy atom. The van der Waals surface area contributed by atoms with Crippen LogP contribution in [0.4, 0.5) is 10.5 Å². The van der Waals surface area contributed by atoms with E-state index in [0.29, 0.717) is 4.88 Å². The van der Waals surface area contributed by atoms with Crippen LogP contribution in [0.2, 0.25) is 0 Å². The van der Waals surface area contributed by atoms with Crippen LogP contribution in [-0.4, -0.2) is 40.3 Å². The lowest BCUT2D eigenvalue weighted by Gasteiger charge is -2.21. The van der Waals surface area contributed by atoms with Crippen molar-refractivity contribution in [2.24, 2.45) is 9.50 Å². The molecular formula is C22H29N3O5S2. The van der Waals surface area contributed by atoms with Gasteiger partial charge in [-0.1, -0.05) is 6.07 Å². The molecule has 5 N–H and O–H groups in total. The highest BCUT2D eigenvalue weighted by Crippen LogP contribution is 2.39. The Balaban J connectivity index is 1.56. The van der Waals surface area contributed by atoms with Crippen LogP contribution in [0.3, 0.4) is 0 Å². The van der Waals surface area contributed by atoms with Crippen LogP contribution >= 0.6 is 11.3 Å². The van der Waals surface area contributed by atoms with E-state index in [1.54, 1.807) is 13.0 Å². The number of nitrogens with zero attached hydrogens (tertiary/aromatic N) is 1. The van der Waals surface area contributed by atoms with Gasteiger partial charge in [0.2, 0.25) is 0 Å². The highest BCUT2D eigenvalue weighted by atomic mass is 32.2. The molecule has 2 amide bonds. The van der Waals surface area contributed by atoms with E-state index in [0.717, 1.165) is 66.7 Å². The van der Waals surface area contributed by atoms with Crippen molar-refractivity contribution >= 4 is 33.0 Å². The molecule has 0 spiro atoms. The molecule has 2 aliphatic carbocycles. The Morgan fingerprint density at radius 3 is 2.53 bits per heavy atom. The Labute approximate surface area is 192 Å². The first-order valence-electron chi connectivity index (χ1n) is 10.7. The van der Waals surface area contributed by atoms with Gasteiger partial charge in [0, 0.05) is 10.6 Å². The third-order valence-corrected chi connectivity index (χ3v) is 9.19. The second-order valence-corrected chi connectivity index (χ2v) is 11.6. The van der Waals surface area contributed by atoms with Gasteiger partial charge in [-0.05, 0) is 79.8 Å². The summed E-state index contributed by atoms with van der Waals surface area (Å²) in [6.45, 7) is 1.47. The minimum atomic E-state index is -3.48. The van der Waals surface area contributed by atoms with Crippen LogP contribution in [0.25, 0.3) is 0 Å². The van der Waals surface area contributed by atoms with E-state index in [-0.39, 0.29) is 24.0 Å². The van der Waals surface area contributed by atoms with Gasteiger partial charge in [-0.25, -0.2) is 14.1 Å². The molecule has 10 heteroatoms. The molecule has 4 rings (SSSR count). The van der Waals surface area contributed by atoms with Gasteiger partial charge in [0.25, 0.3) is 0 Å². The predicted molar refractivity (Wildman–Crippen MR) is 124 cm³/mol. The summed E-state index contributed by atoms with van der Waals surface area (Å²) in [5.74, 6) is 0. The lowest BCUT2D eigenvalue weighted by atomic mass is 9.99. The predicted octanol–water partition coefficient (Wildman–Crippen LogP) is 2.87. The minimum Gasteiger partial charge on any atom is -0.394 e. The van der Waals surface area contributed by atoms with Crippen molar-refractivity contribution < 1.29 is 24.0 Å². The standard InChI is InChI=1S/C22H29N3O5S2/c1-22(28,13-30-11-10-26)18-8-9-19(31-18)32(23,29)25-21(27)24-20-16-6-2-4-14(16)12-15-5-3-7-17(15)20/h8-9,12,26,28H,2-7,10-11,13H2,1H3,(H3,23,24,25,27,29). The van der Waals surface area contributed by atoms with E-state index in [1.807, 2.05) is 0 Å². The lowest BCUT2D eigenvalue weighted by Crippen LogP contribution is -2.27. The summed E-state index contributed by atoms with van der Waals surface area (Å²) in [4.78, 5) is 13.2. The first-order chi connectivity index (χ1) is 15.2. The number of carbonyl (C=O) groups is 1. The number of benzene rings is 1. The number of nitrogens with two attached hydrogens (primary N) is 1. The zero-order valence-electron chi connectivity index (χ0n) is 18.1. The molecule has 0 fully saturated rings. The molecule has 0 aliphatic heterocycles. The quantitative estimate of drug-likeness (QED) is 0.453. The Kier molecular flexibility index (Phi) is 6.71. The SMILES string of the molecule is CC(O)(COCCO)c1ccc(S(N)(=O)=NC(=O)Nc2c3c(cc4c2CCC4)CCC3)s1. The zero-order chi connectivity index (χ0) is 22.9. The molecule has 2 atom stereocenters. The van der Waals surface area contributed by atoms with E-state index in [9.17, 15) is 14.1 Å². The highest BCUT2D eigenvalue weighted by Gasteiger charge is 2.28. The Hall–Kier alpha value is -1.82. The fourth-order valence-electron chi connectivity index (χ4n) is 4.44. The molecule has 0 saturated heterocycles. The largest absolute Gasteiger partial charge is 0.394 e. The van der Waals surface area contributed by atoms with Crippen LogP contribution < -0.4 is 10.5 Å². The van der Waals surface area contributed by atoms with Gasteiger partial charge in [-0.15, -0.1) is 15.7 Å². The lowest BCUT2D eigenvalue weighted by molar-refractivity contribution is -0.0424. The van der Waals surface area contributed by atoms with E-state index >= 15 is 0 Å². The van der Waals surface area contributed by atoms with Crippen LogP contribution in [-0.2, 0) is 45.9 Å². The second-order valence-electron chi connectivity index (χ2n) is 8.49. The van der Waals surface area contributed by atoms with Crippen LogP contribution in [0.15, 0.2) is 26.8 Å². The van der Waals surface area contributed by atoms with Crippen molar-refractivity contribution in [1.82, 2.24) is 0 Å². The molecule has 0 saturated carbocycles. The molecule has 32 heavy (non-hydrogen) atoms. The number of anilines is 1. The number of thiophene rings is 1. The molecule has 174 valence electrons. The van der Waals surface area contributed by atoms with E-state index in [1.165, 1.54) is 17.2 Å². The number of hydrogen-bond donors (Lipinski definition) is 4. The maximum absolute atomic E-state index is 13.1. The van der Waals surface area contributed by atoms with Crippen LogP contribution in [0, 0.1) is 0 Å². The van der Waals surface area contributed by atoms with Gasteiger partial charge in [0.05, 0.1) is 19.8 Å². The number of urea groups is 1. The van der Waals surface area contributed by atoms with E-state index in [2.05, 4.69) is 15.7 Å². The second kappa shape index (κ2) is 9.20. The third-order valence-electron chi connectivity index (χ3n) is 5.94. The molecule has 2 unspecified atom stereocenters. The minimum absolute atomic E-state index is 0.0405. The number of ether oxygens (including phenoxy) is 1. The van der Waals surface area contributed by atoms with Gasteiger partial charge in [-0.2, -0.15) is 0 Å². The number of hydrogen-bond acceptors (Lipinski definition) is 6. The molecule has 0 bridgehead atoms. The summed E-state index contributed by atoms with van der Waals surface area (Å²) in [6.07, 6.45) is 5.97. The van der Waals surface area contributed by atoms with E-state index in [4.69, 9.17) is 15.0 Å². The molecule has 2 aliphatic rings. The topological polar surface area (TPSA) is 134 Å². The monoisotopic (exact) mass is 479 g/mol. The fraction of sp³-hybridized carbons (Fsp3) is 0.500. The molecule has 8 nitrogen and oxygen atoms in total. The molecular weight excluding hydrogens is 450 g/mol. The smallest absolute Gasteiger partial charge is 0.354 e. The summed E-state index contributed by atoms with van der Waals surface area (Å²) in [6, 6.07) is 4.66. The molecule has 1 aromatic heterocycles. The summed E-state index contributed by atoms with van der Waals surface area (Å²) in [5, 5.41) is 28.3. The van der Waals surface area contributed by atoms with Crippen molar-refractivity contribution in [3.8, 4) is 0 Å². The van der Waals surface area contributed by atoms with Crippen molar-refractivity contribution in [1.29, 1.82) is 0 Å². The Morgan fingerprint density at radius 2 is 1.91 bits per heavy atom. The van der Waals surface area contributed by atoms with Gasteiger partial charge < -0.3 is 20.3 Å². The summed E-state index contributed by atoms with van der Waals surface area (Å²) in [7, 11) is -3.48. The number of aryl methyl sites for hydroxylation is 2. The van der Waals surface area contributed by atoms with Gasteiger partial charge >= 0.3 is 6.03 Å². The summed E-state index contributed by atoms with van der Waals surface area (Å²) in [5.41, 5.74) is 4.37. The highest BCUT2D eigenvalue weighted by molar-refractivity contribution is 7.93. The van der Waals surface area contributed by atoms with Crippen LogP contribution in [0.1, 0.15) is 46.9 Å². The maximum atomic E-state index is 13.1. The van der Waals surface area contributed by atoms with Crippen molar-refractivity contribution in [3.05, 3.63) is 45.3 Å². The average Bonchev–Trinajstić information content (AvgIpc) is 3.47. The number of amides is 2. The number of fused-ring (bicyclic) bond motifs is 2. The van der Waals surface area contributed by atoms with E-state index < -0.39 is 21.5 Å². The van der Waals surface area contributed by atoms with Crippen LogP contribution in [0.5, 0.6) is 0 Å². The summed E-state index contributed by atoms with van der Waals surface area (Å²) >= 11 is 1.03. The normalized spacial score (nSPS) is 18.5. The first kappa shape index (κ1) is 23.3. The number of carbonyl (C=O) groups excluding carboxylic acids is 1. The number of nitrogens with one attached hydrogen (secondary N) is 1. The molecule has 1 heterocycles. The summed E-state index contributed by atoms with van der Waals surface area (Å²) < 4.78 is 22.3. The van der Waals surface area contributed by atoms with Gasteiger partial charge in [0.1, 0.15) is 9.81 Å². The van der Waals surface area contributed by atoms with Crippen molar-refractivity contribution in [2.75, 3.05) is 25.1 Å². The molecule has 2 aromatic rings. The third kappa shape index (κ3) is 4.75. The van der Waals surface area contributed by atoms with Gasteiger partial charge in [0.15, 0.2) is 9.92 Å². The zero-order valence-corrected chi connectivity index (χ0v) is 19.7. The average molecular weight is 480 g/mol. The van der Waals surface area contributed by atoms with Crippen molar-refractivity contribution in [3.63, 3.8) is 0 Å². The Bertz CT molecular complexity index is 1120. The maximum Gasteiger partial charge on any atom is 0.354 e. The number of aliphatic hydroxyl groups excluding tert-OH is 1.